The van der Waals surface area contributed by atoms with Crippen LogP contribution >= 0.6 is 0 Å². The molecule has 0 atom stereocenters. The lowest BCUT2D eigenvalue weighted by Gasteiger charge is -2.27. The smallest absolute Gasteiger partial charge is 0.255 e. The third-order valence-electron chi connectivity index (χ3n) is 8.96. The fourth-order valence-corrected chi connectivity index (χ4v) is 5.67. The van der Waals surface area contributed by atoms with Crippen molar-refractivity contribution in [2.24, 2.45) is 0 Å². The van der Waals surface area contributed by atoms with Gasteiger partial charge in [0.05, 0.1) is 0 Å². The van der Waals surface area contributed by atoms with Gasteiger partial charge in [-0.1, -0.05) is 82.3 Å². The maximum absolute atomic E-state index is 13.3. The molecule has 5 rings (SSSR count). The molecule has 0 aliphatic carbocycles. The van der Waals surface area contributed by atoms with Gasteiger partial charge in [0, 0.05) is 33.3 Å². The number of benzene rings is 5. The second-order valence-electron chi connectivity index (χ2n) is 12.9. The van der Waals surface area contributed by atoms with E-state index in [1.54, 1.807) is 48.5 Å². The number of amides is 2. The van der Waals surface area contributed by atoms with Crippen LogP contribution in [0.15, 0.2) is 109 Å². The number of hydrogen-bond donors (Lipinski definition) is 4. The lowest BCUT2D eigenvalue weighted by Crippen LogP contribution is -2.20. The number of carbonyl (C=O) groups excluding carboxylic acids is 2. The third kappa shape index (κ3) is 6.66. The zero-order chi connectivity index (χ0) is 33.2. The Morgan fingerprint density at radius 2 is 0.848 bits per heavy atom. The molecular weight excluding hydrogens is 572 g/mol. The summed E-state index contributed by atoms with van der Waals surface area (Å²) in [5.74, 6) is -0.154. The molecule has 6 nitrogen and oxygen atoms in total. The first-order valence-electron chi connectivity index (χ1n) is 15.3. The van der Waals surface area contributed by atoms with Crippen LogP contribution in [-0.4, -0.2) is 22.0 Å². The Morgan fingerprint density at radius 1 is 0.500 bits per heavy atom. The lowest BCUT2D eigenvalue weighted by molar-refractivity contribution is 0.102. The lowest BCUT2D eigenvalue weighted by atomic mass is 9.77. The molecule has 0 heterocycles. The van der Waals surface area contributed by atoms with Crippen molar-refractivity contribution in [2.45, 2.75) is 52.4 Å². The summed E-state index contributed by atoms with van der Waals surface area (Å²) in [4.78, 5) is 26.6. The summed E-state index contributed by atoms with van der Waals surface area (Å²) in [6, 6.07) is 33.0. The topological polar surface area (TPSA) is 98.7 Å². The summed E-state index contributed by atoms with van der Waals surface area (Å²) in [6.07, 6.45) is 0. The van der Waals surface area contributed by atoms with Crippen molar-refractivity contribution in [2.75, 3.05) is 10.6 Å². The maximum Gasteiger partial charge on any atom is 0.255 e. The predicted molar refractivity (Wildman–Crippen MR) is 185 cm³/mol. The molecule has 0 aliphatic heterocycles. The number of phenols is 2. The fraction of sp³-hybridized carbons (Fsp3) is 0.200. The van der Waals surface area contributed by atoms with Crippen molar-refractivity contribution in [3.8, 4) is 11.5 Å². The van der Waals surface area contributed by atoms with E-state index in [-0.39, 0.29) is 34.1 Å². The van der Waals surface area contributed by atoms with E-state index < -0.39 is 0 Å². The Morgan fingerprint density at radius 3 is 1.20 bits per heavy atom. The molecule has 0 fully saturated rings. The summed E-state index contributed by atoms with van der Waals surface area (Å²) in [7, 11) is 0. The van der Waals surface area contributed by atoms with E-state index in [9.17, 15) is 19.8 Å². The number of aromatic hydroxyl groups is 2. The van der Waals surface area contributed by atoms with E-state index in [4.69, 9.17) is 0 Å². The number of nitrogens with one attached hydrogen (secondary N) is 2. The number of aryl methyl sites for hydroxylation is 2. The van der Waals surface area contributed by atoms with Gasteiger partial charge in [0.2, 0.25) is 0 Å². The second kappa shape index (κ2) is 12.6. The zero-order valence-electron chi connectivity index (χ0n) is 27.1. The molecule has 0 aliphatic rings. The van der Waals surface area contributed by atoms with Gasteiger partial charge < -0.3 is 20.8 Å². The van der Waals surface area contributed by atoms with Crippen molar-refractivity contribution in [3.63, 3.8) is 0 Å². The van der Waals surface area contributed by atoms with Crippen LogP contribution in [0.4, 0.5) is 11.4 Å². The Bertz CT molecular complexity index is 1770. The molecule has 46 heavy (non-hydrogen) atoms. The van der Waals surface area contributed by atoms with E-state index in [0.29, 0.717) is 22.5 Å². The molecule has 6 heteroatoms. The molecule has 2 amide bonds. The van der Waals surface area contributed by atoms with Crippen molar-refractivity contribution in [1.82, 2.24) is 0 Å². The first kappa shape index (κ1) is 32.0. The number of anilines is 2. The second-order valence-corrected chi connectivity index (χ2v) is 12.9. The van der Waals surface area contributed by atoms with Gasteiger partial charge in [-0.05, 0) is 102 Å². The van der Waals surface area contributed by atoms with Crippen molar-refractivity contribution in [1.29, 1.82) is 0 Å². The highest BCUT2D eigenvalue weighted by molar-refractivity contribution is 6.09. The quantitative estimate of drug-likeness (QED) is 0.141. The highest BCUT2D eigenvalue weighted by atomic mass is 16.3. The molecular formula is C40H40N2O4. The van der Waals surface area contributed by atoms with Gasteiger partial charge in [-0.2, -0.15) is 0 Å². The molecule has 0 spiro atoms. The normalized spacial score (nSPS) is 11.6. The summed E-state index contributed by atoms with van der Waals surface area (Å²) >= 11 is 0. The molecule has 5 aromatic rings. The summed E-state index contributed by atoms with van der Waals surface area (Å²) in [5.41, 5.74) is 7.67. The number of hydrogen-bond acceptors (Lipinski definition) is 4. The molecule has 0 unspecified atom stereocenters. The van der Waals surface area contributed by atoms with Crippen LogP contribution in [0.1, 0.15) is 81.8 Å². The molecule has 234 valence electrons. The predicted octanol–water partition coefficient (Wildman–Crippen LogP) is 8.87. The number of rotatable bonds is 8. The zero-order valence-corrected chi connectivity index (χ0v) is 27.1. The molecule has 5 aromatic carbocycles. The van der Waals surface area contributed by atoms with Crippen molar-refractivity contribution >= 4 is 23.2 Å². The van der Waals surface area contributed by atoms with Gasteiger partial charge in [-0.3, -0.25) is 9.59 Å². The van der Waals surface area contributed by atoms with Crippen LogP contribution in [0.5, 0.6) is 11.5 Å². The third-order valence-corrected chi connectivity index (χ3v) is 8.96. The van der Waals surface area contributed by atoms with Crippen LogP contribution in [0, 0.1) is 13.8 Å². The molecule has 0 bridgehead atoms. The highest BCUT2D eigenvalue weighted by Crippen LogP contribution is 2.35. The first-order valence-corrected chi connectivity index (χ1v) is 15.3. The fourth-order valence-electron chi connectivity index (χ4n) is 5.67. The van der Waals surface area contributed by atoms with Crippen molar-refractivity contribution < 1.29 is 19.8 Å². The van der Waals surface area contributed by atoms with E-state index >= 15 is 0 Å². The summed E-state index contributed by atoms with van der Waals surface area (Å²) in [5, 5.41) is 25.4. The number of phenolic OH excluding ortho intramolecular Hbond substituents is 2. The standard InChI is InChI=1S/C40H40N2O4/c1-25-22-31(39(3,4)29-10-16-33(43)17-11-29)14-20-35(25)41-37(45)27-8-7-9-28(24-27)38(46)42-36-21-15-32(23-26(36)2)40(5,6)30-12-18-34(44)19-13-30/h7-24,43-44H,1-6H3,(H,41,45)(H,42,46). The number of carbonyl (C=O) groups is 2. The maximum atomic E-state index is 13.3. The monoisotopic (exact) mass is 612 g/mol. The Labute approximate surface area is 270 Å². The molecule has 0 saturated heterocycles. The Balaban J connectivity index is 1.28. The van der Waals surface area contributed by atoms with Crippen LogP contribution in [0.25, 0.3) is 0 Å². The van der Waals surface area contributed by atoms with Gasteiger partial charge in [0.15, 0.2) is 0 Å². The van der Waals surface area contributed by atoms with Crippen LogP contribution in [0.2, 0.25) is 0 Å². The molecule has 0 saturated carbocycles. The molecule has 0 aromatic heterocycles. The average Bonchev–Trinajstić information content (AvgIpc) is 3.03. The van der Waals surface area contributed by atoms with Crippen LogP contribution in [-0.2, 0) is 10.8 Å². The minimum Gasteiger partial charge on any atom is -0.508 e. The first-order chi connectivity index (χ1) is 21.8. The van der Waals surface area contributed by atoms with E-state index in [0.717, 1.165) is 33.4 Å². The average molecular weight is 613 g/mol. The largest absolute Gasteiger partial charge is 0.508 e. The molecule has 4 N–H and O–H groups in total. The van der Waals surface area contributed by atoms with Gasteiger partial charge in [0.25, 0.3) is 11.8 Å². The summed E-state index contributed by atoms with van der Waals surface area (Å²) in [6.45, 7) is 12.4. The minimum atomic E-state index is -0.305. The highest BCUT2D eigenvalue weighted by Gasteiger charge is 2.25. The van der Waals surface area contributed by atoms with Gasteiger partial charge in [-0.25, -0.2) is 0 Å². The SMILES string of the molecule is Cc1cc(C(C)(C)c2ccc(O)cc2)ccc1NC(=O)c1cccc(C(=O)Nc2ccc(C(C)(C)c3ccc(O)cc3)cc2C)c1. The van der Waals surface area contributed by atoms with Gasteiger partial charge in [0.1, 0.15) is 11.5 Å². The van der Waals surface area contributed by atoms with Crippen LogP contribution in [0.3, 0.4) is 0 Å². The molecule has 0 radical (unpaired) electrons. The van der Waals surface area contributed by atoms with Crippen molar-refractivity contribution in [3.05, 3.63) is 154 Å². The van der Waals surface area contributed by atoms with Gasteiger partial charge in [-0.15, -0.1) is 0 Å². The van der Waals surface area contributed by atoms with E-state index in [2.05, 4.69) is 50.5 Å². The Kier molecular flexibility index (Phi) is 8.75. The minimum absolute atomic E-state index is 0.228. The van der Waals surface area contributed by atoms with E-state index in [1.165, 1.54) is 0 Å². The summed E-state index contributed by atoms with van der Waals surface area (Å²) < 4.78 is 0. The Hall–Kier alpha value is -5.36. The van der Waals surface area contributed by atoms with E-state index in [1.807, 2.05) is 62.4 Å². The van der Waals surface area contributed by atoms with Crippen LogP contribution < -0.4 is 10.6 Å². The van der Waals surface area contributed by atoms with Gasteiger partial charge >= 0.3 is 0 Å².